The predicted octanol–water partition coefficient (Wildman–Crippen LogP) is 8.10. The molecular formula is C28H33F3O. The van der Waals surface area contributed by atoms with Crippen LogP contribution in [-0.4, -0.2) is 6.61 Å². The molecule has 2 aromatic rings. The Bertz CT molecular complexity index is 893. The maximum atomic E-state index is 14.6. The van der Waals surface area contributed by atoms with Crippen LogP contribution in [0.15, 0.2) is 67.3 Å². The van der Waals surface area contributed by atoms with E-state index in [0.717, 1.165) is 49.7 Å². The first-order chi connectivity index (χ1) is 15.4. The van der Waals surface area contributed by atoms with Gasteiger partial charge in [-0.3, -0.25) is 0 Å². The van der Waals surface area contributed by atoms with Gasteiger partial charge in [0.1, 0.15) is 5.82 Å². The molecule has 0 radical (unpaired) electrons. The summed E-state index contributed by atoms with van der Waals surface area (Å²) in [5.41, 5.74) is 2.22. The van der Waals surface area contributed by atoms with Gasteiger partial charge in [-0.15, -0.1) is 6.58 Å². The molecular weight excluding hydrogens is 409 g/mol. The van der Waals surface area contributed by atoms with E-state index in [9.17, 15) is 13.2 Å². The molecule has 2 aromatic carbocycles. The van der Waals surface area contributed by atoms with Crippen molar-refractivity contribution in [2.45, 2.75) is 63.9 Å². The first-order valence-corrected chi connectivity index (χ1v) is 11.6. The molecule has 0 aromatic heterocycles. The zero-order valence-corrected chi connectivity index (χ0v) is 18.8. The van der Waals surface area contributed by atoms with Gasteiger partial charge in [0.2, 0.25) is 0 Å². The predicted molar refractivity (Wildman–Crippen MR) is 124 cm³/mol. The van der Waals surface area contributed by atoms with Crippen molar-refractivity contribution in [2.24, 2.45) is 5.92 Å². The number of allylic oxidation sites excluding steroid dienone is 3. The second-order valence-electron chi connectivity index (χ2n) is 8.63. The maximum absolute atomic E-state index is 14.6. The van der Waals surface area contributed by atoms with E-state index < -0.39 is 17.5 Å². The number of rotatable bonds is 10. The molecule has 1 nitrogen and oxygen atoms in total. The lowest BCUT2D eigenvalue weighted by Crippen LogP contribution is -2.22. The van der Waals surface area contributed by atoms with E-state index in [-0.39, 0.29) is 12.5 Å². The average molecular weight is 443 g/mol. The Morgan fingerprint density at radius 3 is 2.25 bits per heavy atom. The number of aryl methyl sites for hydroxylation is 1. The van der Waals surface area contributed by atoms with Gasteiger partial charge in [-0.1, -0.05) is 48.6 Å². The number of benzene rings is 2. The standard InChI is InChI=1S/C28H33F3O/c1-3-5-6-7-22-8-10-23(11-9-22)18-19-32-28(30,31)26-17-16-25(20-27(26)29)24-14-12-21(4-2)13-15-24/h3-5,8-11,16-17,20-21,24H,2,6-7,12-15,18-19H2,1H3/b5-3+/t21-,24-. The smallest absolute Gasteiger partial charge is 0.316 e. The summed E-state index contributed by atoms with van der Waals surface area (Å²) >= 11 is 0. The van der Waals surface area contributed by atoms with Crippen molar-refractivity contribution < 1.29 is 17.9 Å². The fraction of sp³-hybridized carbons (Fsp3) is 0.429. The third-order valence-electron chi connectivity index (χ3n) is 6.42. The zero-order chi connectivity index (χ0) is 23.0. The van der Waals surface area contributed by atoms with Crippen LogP contribution in [0.3, 0.4) is 0 Å². The van der Waals surface area contributed by atoms with Crippen molar-refractivity contribution in [1.82, 2.24) is 0 Å². The lowest BCUT2D eigenvalue weighted by atomic mass is 9.78. The molecule has 0 saturated heterocycles. The highest BCUT2D eigenvalue weighted by atomic mass is 19.3. The zero-order valence-electron chi connectivity index (χ0n) is 18.8. The molecule has 0 heterocycles. The third kappa shape index (κ3) is 6.59. The van der Waals surface area contributed by atoms with E-state index in [1.54, 1.807) is 6.07 Å². The van der Waals surface area contributed by atoms with E-state index in [4.69, 9.17) is 4.74 Å². The average Bonchev–Trinajstić information content (AvgIpc) is 2.80. The molecule has 0 atom stereocenters. The minimum absolute atomic E-state index is 0.183. The first-order valence-electron chi connectivity index (χ1n) is 11.6. The van der Waals surface area contributed by atoms with Crippen LogP contribution in [0.25, 0.3) is 0 Å². The molecule has 0 aliphatic heterocycles. The second-order valence-corrected chi connectivity index (χ2v) is 8.63. The van der Waals surface area contributed by atoms with Crippen LogP contribution < -0.4 is 0 Å². The van der Waals surface area contributed by atoms with Gasteiger partial charge in [0.05, 0.1) is 12.2 Å². The van der Waals surface area contributed by atoms with Crippen LogP contribution in [0.5, 0.6) is 0 Å². The molecule has 0 spiro atoms. The number of ether oxygens (including phenoxy) is 1. The molecule has 0 unspecified atom stereocenters. The fourth-order valence-electron chi connectivity index (χ4n) is 4.37. The molecule has 1 fully saturated rings. The Morgan fingerprint density at radius 2 is 1.66 bits per heavy atom. The summed E-state index contributed by atoms with van der Waals surface area (Å²) in [4.78, 5) is 0. The van der Waals surface area contributed by atoms with Gasteiger partial charge in [0.25, 0.3) is 0 Å². The van der Waals surface area contributed by atoms with Crippen LogP contribution >= 0.6 is 0 Å². The van der Waals surface area contributed by atoms with Gasteiger partial charge in [-0.25, -0.2) is 4.39 Å². The minimum atomic E-state index is -3.66. The quantitative estimate of drug-likeness (QED) is 0.338. The number of alkyl halides is 2. The van der Waals surface area contributed by atoms with Crippen LogP contribution in [0, 0.1) is 11.7 Å². The molecule has 1 aliphatic carbocycles. The fourth-order valence-corrected chi connectivity index (χ4v) is 4.37. The summed E-state index contributed by atoms with van der Waals surface area (Å²) in [6.07, 6.45) is 8.59. The van der Waals surface area contributed by atoms with Gasteiger partial charge in [-0.2, -0.15) is 8.78 Å². The topological polar surface area (TPSA) is 9.23 Å². The molecule has 32 heavy (non-hydrogen) atoms. The monoisotopic (exact) mass is 442 g/mol. The molecule has 0 amide bonds. The van der Waals surface area contributed by atoms with E-state index >= 15 is 0 Å². The first kappa shape index (κ1) is 24.3. The van der Waals surface area contributed by atoms with E-state index in [1.807, 2.05) is 43.3 Å². The Balaban J connectivity index is 1.54. The second kappa shape index (κ2) is 11.5. The Morgan fingerprint density at radius 1 is 1.00 bits per heavy atom. The van der Waals surface area contributed by atoms with Crippen molar-refractivity contribution in [3.05, 3.63) is 95.3 Å². The lowest BCUT2D eigenvalue weighted by molar-refractivity contribution is -0.249. The maximum Gasteiger partial charge on any atom is 0.386 e. The molecule has 1 aliphatic rings. The third-order valence-corrected chi connectivity index (χ3v) is 6.42. The van der Waals surface area contributed by atoms with E-state index in [0.29, 0.717) is 12.3 Å². The highest BCUT2D eigenvalue weighted by Crippen LogP contribution is 2.38. The lowest BCUT2D eigenvalue weighted by Gasteiger charge is -2.27. The Kier molecular flexibility index (Phi) is 8.75. The van der Waals surface area contributed by atoms with Gasteiger partial charge < -0.3 is 4.74 Å². The van der Waals surface area contributed by atoms with Gasteiger partial charge in [0, 0.05) is 0 Å². The van der Waals surface area contributed by atoms with Crippen molar-refractivity contribution in [3.63, 3.8) is 0 Å². The number of hydrogen-bond donors (Lipinski definition) is 0. The van der Waals surface area contributed by atoms with Gasteiger partial charge >= 0.3 is 6.11 Å². The SMILES string of the molecule is C=C[C@H]1CC[C@H](c2ccc(C(F)(F)OCCc3ccc(CC/C=C/C)cc3)c(F)c2)CC1. The van der Waals surface area contributed by atoms with Crippen molar-refractivity contribution in [2.75, 3.05) is 6.61 Å². The Labute approximate surface area is 190 Å². The molecule has 4 heteroatoms. The summed E-state index contributed by atoms with van der Waals surface area (Å²) in [6.45, 7) is 5.65. The van der Waals surface area contributed by atoms with Crippen LogP contribution in [0.4, 0.5) is 13.2 Å². The van der Waals surface area contributed by atoms with E-state index in [2.05, 4.69) is 12.7 Å². The van der Waals surface area contributed by atoms with Crippen LogP contribution in [-0.2, 0) is 23.7 Å². The Hall–Kier alpha value is -2.33. The number of halogens is 3. The van der Waals surface area contributed by atoms with Crippen molar-refractivity contribution in [3.8, 4) is 0 Å². The summed E-state index contributed by atoms with van der Waals surface area (Å²) < 4.78 is 48.5. The van der Waals surface area contributed by atoms with Crippen LogP contribution in [0.1, 0.15) is 67.2 Å². The normalized spacial score (nSPS) is 19.4. The summed E-state index contributed by atoms with van der Waals surface area (Å²) in [7, 11) is 0. The van der Waals surface area contributed by atoms with E-state index in [1.165, 1.54) is 17.7 Å². The van der Waals surface area contributed by atoms with Crippen molar-refractivity contribution in [1.29, 1.82) is 0 Å². The molecule has 0 bridgehead atoms. The summed E-state index contributed by atoms with van der Waals surface area (Å²) in [5.74, 6) is -0.184. The summed E-state index contributed by atoms with van der Waals surface area (Å²) in [5, 5.41) is 0. The summed E-state index contributed by atoms with van der Waals surface area (Å²) in [6, 6.07) is 12.0. The van der Waals surface area contributed by atoms with Gasteiger partial charge in [0.15, 0.2) is 0 Å². The largest absolute Gasteiger partial charge is 0.386 e. The molecule has 1 saturated carbocycles. The molecule has 0 N–H and O–H groups in total. The molecule has 3 rings (SSSR count). The van der Waals surface area contributed by atoms with Crippen molar-refractivity contribution >= 4 is 0 Å². The minimum Gasteiger partial charge on any atom is -0.316 e. The van der Waals surface area contributed by atoms with Crippen LogP contribution in [0.2, 0.25) is 0 Å². The number of hydrogen-bond acceptors (Lipinski definition) is 1. The van der Waals surface area contributed by atoms with Gasteiger partial charge in [-0.05, 0) is 92.5 Å². The molecule has 172 valence electrons. The highest BCUT2D eigenvalue weighted by molar-refractivity contribution is 5.29. The highest BCUT2D eigenvalue weighted by Gasteiger charge is 2.36.